The lowest BCUT2D eigenvalue weighted by molar-refractivity contribution is -0.139. The molecule has 1 atom stereocenters. The molecule has 0 spiro atoms. The number of carbonyl (C=O) groups excluding carboxylic acids is 2. The van der Waals surface area contributed by atoms with Gasteiger partial charge in [-0.05, 0) is 37.5 Å². The van der Waals surface area contributed by atoms with Crippen LogP contribution in [-0.2, 0) is 9.53 Å². The van der Waals surface area contributed by atoms with Gasteiger partial charge in [0.25, 0.3) is 0 Å². The highest BCUT2D eigenvalue weighted by atomic mass is 35.5. The van der Waals surface area contributed by atoms with Crippen LogP contribution in [0, 0.1) is 0 Å². The van der Waals surface area contributed by atoms with Crippen LogP contribution in [0.2, 0.25) is 10.0 Å². The van der Waals surface area contributed by atoms with Gasteiger partial charge < -0.3 is 15.4 Å². The van der Waals surface area contributed by atoms with Crippen molar-refractivity contribution >= 4 is 46.8 Å². The number of unbranched alkanes of at least 4 members (excludes halogenated alkanes) is 1. The molecule has 5 nitrogen and oxygen atoms in total. The number of esters is 1. The van der Waals surface area contributed by atoms with Crippen LogP contribution < -0.4 is 10.6 Å². The smallest absolute Gasteiger partial charge is 0.338 e. The summed E-state index contributed by atoms with van der Waals surface area (Å²) in [6, 6.07) is 3.88. The quantitative estimate of drug-likeness (QED) is 0.434. The number of benzene rings is 1. The zero-order valence-electron chi connectivity index (χ0n) is 13.0. The Balaban J connectivity index is 2.26. The second-order valence-corrected chi connectivity index (χ2v) is 6.47. The van der Waals surface area contributed by atoms with E-state index in [1.54, 1.807) is 25.1 Å². The molecule has 2 rings (SSSR count). The molecule has 2 amide bonds. The molecule has 1 aliphatic rings. The predicted molar refractivity (Wildman–Crippen MR) is 94.5 cm³/mol. The van der Waals surface area contributed by atoms with Gasteiger partial charge >= 0.3 is 12.0 Å². The van der Waals surface area contributed by atoms with Crippen molar-refractivity contribution in [2.45, 2.75) is 25.8 Å². The van der Waals surface area contributed by atoms with Gasteiger partial charge in [-0.3, -0.25) is 0 Å². The van der Waals surface area contributed by atoms with E-state index in [1.807, 2.05) is 0 Å². The van der Waals surface area contributed by atoms with Crippen LogP contribution in [0.4, 0.5) is 4.79 Å². The van der Waals surface area contributed by atoms with Crippen LogP contribution in [0.25, 0.3) is 0 Å². The molecular weight excluding hydrogens is 375 g/mol. The Hall–Kier alpha value is -1.43. The number of carbonyl (C=O) groups is 2. The molecule has 0 bridgehead atoms. The third-order valence-electron chi connectivity index (χ3n) is 3.53. The molecule has 0 fully saturated rings. The van der Waals surface area contributed by atoms with Gasteiger partial charge in [0.2, 0.25) is 0 Å². The maximum Gasteiger partial charge on any atom is 0.338 e. The molecule has 0 radical (unpaired) electrons. The Morgan fingerprint density at radius 2 is 2.00 bits per heavy atom. The minimum Gasteiger partial charge on any atom is -0.462 e. The highest BCUT2D eigenvalue weighted by Gasteiger charge is 2.32. The molecule has 24 heavy (non-hydrogen) atoms. The van der Waals surface area contributed by atoms with Crippen LogP contribution in [0.1, 0.15) is 31.4 Å². The van der Waals surface area contributed by atoms with Crippen LogP contribution in [0.3, 0.4) is 0 Å². The van der Waals surface area contributed by atoms with Crippen LogP contribution in [0.5, 0.6) is 0 Å². The first-order valence-electron chi connectivity index (χ1n) is 7.40. The Morgan fingerprint density at radius 1 is 1.25 bits per heavy atom. The van der Waals surface area contributed by atoms with Crippen LogP contribution >= 0.6 is 34.8 Å². The molecule has 1 aliphatic heterocycles. The summed E-state index contributed by atoms with van der Waals surface area (Å²) in [4.78, 5) is 24.2. The number of halogens is 3. The normalized spacial score (nSPS) is 17.3. The highest BCUT2D eigenvalue weighted by molar-refractivity contribution is 6.42. The van der Waals surface area contributed by atoms with E-state index < -0.39 is 18.0 Å². The van der Waals surface area contributed by atoms with Crippen molar-refractivity contribution in [3.63, 3.8) is 0 Å². The van der Waals surface area contributed by atoms with Crippen molar-refractivity contribution in [3.8, 4) is 0 Å². The second-order valence-electron chi connectivity index (χ2n) is 5.28. The SMILES string of the molecule is CC1=C(C(=O)OCCCCCl)C(c2ccc(Cl)c(Cl)c2)NC(=O)N1. The molecule has 1 aromatic carbocycles. The average Bonchev–Trinajstić information content (AvgIpc) is 2.53. The fourth-order valence-corrected chi connectivity index (χ4v) is 2.84. The number of rotatable bonds is 6. The number of ether oxygens (including phenoxy) is 1. The summed E-state index contributed by atoms with van der Waals surface area (Å²) >= 11 is 17.6. The van der Waals surface area contributed by atoms with Gasteiger partial charge in [-0.2, -0.15) is 0 Å². The predicted octanol–water partition coefficient (Wildman–Crippen LogP) is 4.18. The maximum atomic E-state index is 12.5. The molecule has 0 saturated carbocycles. The first-order valence-corrected chi connectivity index (χ1v) is 8.69. The van der Waals surface area contributed by atoms with E-state index >= 15 is 0 Å². The summed E-state index contributed by atoms with van der Waals surface area (Å²) in [6.45, 7) is 1.92. The average molecular weight is 392 g/mol. The molecule has 0 saturated heterocycles. The van der Waals surface area contributed by atoms with Gasteiger partial charge in [0, 0.05) is 11.6 Å². The zero-order chi connectivity index (χ0) is 17.7. The number of hydrogen-bond donors (Lipinski definition) is 2. The lowest BCUT2D eigenvalue weighted by Gasteiger charge is -2.28. The zero-order valence-corrected chi connectivity index (χ0v) is 15.3. The van der Waals surface area contributed by atoms with E-state index in [1.165, 1.54) is 0 Å². The van der Waals surface area contributed by atoms with E-state index in [2.05, 4.69) is 10.6 Å². The summed E-state index contributed by atoms with van der Waals surface area (Å²) in [7, 11) is 0. The van der Waals surface area contributed by atoms with E-state index in [-0.39, 0.29) is 6.61 Å². The minimum atomic E-state index is -0.658. The van der Waals surface area contributed by atoms with Gasteiger partial charge in [-0.1, -0.05) is 29.3 Å². The molecule has 1 aromatic rings. The summed E-state index contributed by atoms with van der Waals surface area (Å²) < 4.78 is 5.29. The topological polar surface area (TPSA) is 67.4 Å². The Labute approximate surface area is 155 Å². The molecule has 2 N–H and O–H groups in total. The fraction of sp³-hybridized carbons (Fsp3) is 0.375. The highest BCUT2D eigenvalue weighted by Crippen LogP contribution is 2.31. The van der Waals surface area contributed by atoms with Crippen molar-refractivity contribution in [2.75, 3.05) is 12.5 Å². The Bertz CT molecular complexity index is 677. The minimum absolute atomic E-state index is 0.268. The summed E-state index contributed by atoms with van der Waals surface area (Å²) in [5.41, 5.74) is 1.42. The molecule has 0 aliphatic carbocycles. The van der Waals surface area contributed by atoms with Crippen molar-refractivity contribution in [2.24, 2.45) is 0 Å². The standard InChI is InChI=1S/C16H17Cl3N2O3/c1-9-13(15(22)24-7-3-2-6-17)14(21-16(23)20-9)10-4-5-11(18)12(19)8-10/h4-5,8,14H,2-3,6-7H2,1H3,(H2,20,21,23). The summed E-state index contributed by atoms with van der Waals surface area (Å²) in [6.07, 6.45) is 1.44. The number of urea groups is 1. The molecule has 130 valence electrons. The van der Waals surface area contributed by atoms with Gasteiger partial charge in [0.05, 0.1) is 28.3 Å². The lowest BCUT2D eigenvalue weighted by Crippen LogP contribution is -2.45. The number of alkyl halides is 1. The van der Waals surface area contributed by atoms with E-state index in [0.717, 1.165) is 6.42 Å². The van der Waals surface area contributed by atoms with Gasteiger partial charge in [0.1, 0.15) is 0 Å². The second kappa shape index (κ2) is 8.60. The van der Waals surface area contributed by atoms with Crippen molar-refractivity contribution in [1.29, 1.82) is 0 Å². The third kappa shape index (κ3) is 4.56. The summed E-state index contributed by atoms with van der Waals surface area (Å²) in [5.74, 6) is 0.0219. The number of amides is 2. The van der Waals surface area contributed by atoms with Crippen molar-refractivity contribution < 1.29 is 14.3 Å². The van der Waals surface area contributed by atoms with Crippen LogP contribution in [-0.4, -0.2) is 24.5 Å². The first-order chi connectivity index (χ1) is 11.4. The fourth-order valence-electron chi connectivity index (χ4n) is 2.35. The largest absolute Gasteiger partial charge is 0.462 e. The third-order valence-corrected chi connectivity index (χ3v) is 4.53. The monoisotopic (exact) mass is 390 g/mol. The first kappa shape index (κ1) is 18.9. The number of hydrogen-bond acceptors (Lipinski definition) is 3. The van der Waals surface area contributed by atoms with E-state index in [0.29, 0.717) is 39.2 Å². The Kier molecular flexibility index (Phi) is 6.78. The van der Waals surface area contributed by atoms with Crippen LogP contribution in [0.15, 0.2) is 29.5 Å². The lowest BCUT2D eigenvalue weighted by atomic mass is 9.95. The molecule has 1 heterocycles. The Morgan fingerprint density at radius 3 is 2.67 bits per heavy atom. The van der Waals surface area contributed by atoms with Crippen molar-refractivity contribution in [3.05, 3.63) is 45.1 Å². The van der Waals surface area contributed by atoms with Crippen molar-refractivity contribution in [1.82, 2.24) is 10.6 Å². The number of nitrogens with one attached hydrogen (secondary N) is 2. The molecule has 0 aromatic heterocycles. The number of allylic oxidation sites excluding steroid dienone is 1. The molecule has 8 heteroatoms. The molecule has 1 unspecified atom stereocenters. The van der Waals surface area contributed by atoms with Gasteiger partial charge in [0.15, 0.2) is 0 Å². The van der Waals surface area contributed by atoms with Gasteiger partial charge in [-0.25, -0.2) is 9.59 Å². The molecular formula is C16H17Cl3N2O3. The van der Waals surface area contributed by atoms with E-state index in [9.17, 15) is 9.59 Å². The maximum absolute atomic E-state index is 12.5. The summed E-state index contributed by atoms with van der Waals surface area (Å²) in [5, 5.41) is 6.03. The van der Waals surface area contributed by atoms with E-state index in [4.69, 9.17) is 39.5 Å². The van der Waals surface area contributed by atoms with Gasteiger partial charge in [-0.15, -0.1) is 11.6 Å².